The topological polar surface area (TPSA) is 26.3 Å². The molecule has 0 saturated heterocycles. The van der Waals surface area contributed by atoms with Gasteiger partial charge in [0.15, 0.2) is 0 Å². The molecule has 18 heavy (non-hydrogen) atoms. The van der Waals surface area contributed by atoms with Crippen molar-refractivity contribution in [1.82, 2.24) is 0 Å². The van der Waals surface area contributed by atoms with E-state index in [1.54, 1.807) is 19.2 Å². The third-order valence-corrected chi connectivity index (χ3v) is 4.21. The standard InChI is InChI=1S/C14H16BrFO2/c1-18-14(5-2-6-14)9-11(17)7-10-3-4-13(16)12(15)8-10/h3-4,8H,2,5-7,9H2,1H3. The molecule has 1 aliphatic carbocycles. The summed E-state index contributed by atoms with van der Waals surface area (Å²) in [5, 5.41) is 0. The SMILES string of the molecule is COC1(CC(=O)Cc2ccc(F)c(Br)c2)CCC1. The van der Waals surface area contributed by atoms with Crippen LogP contribution >= 0.6 is 15.9 Å². The molecule has 0 aliphatic heterocycles. The Morgan fingerprint density at radius 3 is 2.72 bits per heavy atom. The maximum atomic E-state index is 13.1. The van der Waals surface area contributed by atoms with E-state index in [0.717, 1.165) is 24.8 Å². The lowest BCUT2D eigenvalue weighted by Gasteiger charge is -2.40. The van der Waals surface area contributed by atoms with E-state index in [9.17, 15) is 9.18 Å². The number of methoxy groups -OCH3 is 1. The first-order chi connectivity index (χ1) is 8.54. The number of ketones is 1. The molecule has 1 aromatic carbocycles. The second-order valence-electron chi connectivity index (χ2n) is 4.88. The smallest absolute Gasteiger partial charge is 0.140 e. The summed E-state index contributed by atoms with van der Waals surface area (Å²) in [6.45, 7) is 0. The van der Waals surface area contributed by atoms with E-state index in [1.165, 1.54) is 6.07 Å². The molecule has 0 amide bonds. The average molecular weight is 315 g/mol. The highest BCUT2D eigenvalue weighted by atomic mass is 79.9. The van der Waals surface area contributed by atoms with Crippen LogP contribution in [-0.4, -0.2) is 18.5 Å². The van der Waals surface area contributed by atoms with Crippen LogP contribution in [-0.2, 0) is 16.0 Å². The first-order valence-corrected chi connectivity index (χ1v) is 6.85. The van der Waals surface area contributed by atoms with Crippen LogP contribution in [0.1, 0.15) is 31.2 Å². The van der Waals surface area contributed by atoms with Crippen molar-refractivity contribution in [3.63, 3.8) is 0 Å². The van der Waals surface area contributed by atoms with E-state index in [1.807, 2.05) is 0 Å². The van der Waals surface area contributed by atoms with Gasteiger partial charge >= 0.3 is 0 Å². The minimum absolute atomic E-state index is 0.148. The molecule has 0 bridgehead atoms. The van der Waals surface area contributed by atoms with Crippen molar-refractivity contribution in [2.75, 3.05) is 7.11 Å². The van der Waals surface area contributed by atoms with E-state index in [0.29, 0.717) is 17.3 Å². The number of rotatable bonds is 5. The summed E-state index contributed by atoms with van der Waals surface area (Å²) in [4.78, 5) is 12.0. The van der Waals surface area contributed by atoms with Crippen LogP contribution in [0.5, 0.6) is 0 Å². The van der Waals surface area contributed by atoms with Crippen molar-refractivity contribution in [3.8, 4) is 0 Å². The van der Waals surface area contributed by atoms with Gasteiger partial charge in [0.1, 0.15) is 11.6 Å². The van der Waals surface area contributed by atoms with Crippen molar-refractivity contribution in [1.29, 1.82) is 0 Å². The zero-order valence-electron chi connectivity index (χ0n) is 10.3. The molecule has 0 radical (unpaired) electrons. The van der Waals surface area contributed by atoms with Gasteiger partial charge in [-0.2, -0.15) is 0 Å². The maximum absolute atomic E-state index is 13.1. The molecule has 1 aromatic rings. The Labute approximate surface area is 115 Å². The Hall–Kier alpha value is -0.740. The largest absolute Gasteiger partial charge is 0.378 e. The van der Waals surface area contributed by atoms with Crippen molar-refractivity contribution in [2.24, 2.45) is 0 Å². The van der Waals surface area contributed by atoms with E-state index in [4.69, 9.17) is 4.74 Å². The van der Waals surface area contributed by atoms with Crippen LogP contribution < -0.4 is 0 Å². The second-order valence-corrected chi connectivity index (χ2v) is 5.74. The zero-order chi connectivity index (χ0) is 13.2. The number of carbonyl (C=O) groups is 1. The molecule has 98 valence electrons. The number of halogens is 2. The lowest BCUT2D eigenvalue weighted by Crippen LogP contribution is -2.41. The Bertz CT molecular complexity index is 450. The molecule has 1 aliphatic rings. The van der Waals surface area contributed by atoms with E-state index in [-0.39, 0.29) is 17.2 Å². The van der Waals surface area contributed by atoms with Crippen molar-refractivity contribution in [3.05, 3.63) is 34.1 Å². The van der Waals surface area contributed by atoms with Gasteiger partial charge in [0, 0.05) is 20.0 Å². The van der Waals surface area contributed by atoms with E-state index >= 15 is 0 Å². The summed E-state index contributed by atoms with van der Waals surface area (Å²) < 4.78 is 18.9. The first-order valence-electron chi connectivity index (χ1n) is 6.05. The van der Waals surface area contributed by atoms with E-state index < -0.39 is 0 Å². The van der Waals surface area contributed by atoms with Crippen LogP contribution in [0, 0.1) is 5.82 Å². The molecular weight excluding hydrogens is 299 g/mol. The molecular formula is C14H16BrFO2. The lowest BCUT2D eigenvalue weighted by atomic mass is 9.76. The second kappa shape index (κ2) is 5.49. The molecule has 0 aromatic heterocycles. The van der Waals surface area contributed by atoms with Gasteiger partial charge in [0.2, 0.25) is 0 Å². The number of benzene rings is 1. The van der Waals surface area contributed by atoms with E-state index in [2.05, 4.69) is 15.9 Å². The number of hydrogen-bond acceptors (Lipinski definition) is 2. The van der Waals surface area contributed by atoms with Gasteiger partial charge in [-0.25, -0.2) is 4.39 Å². The van der Waals surface area contributed by atoms with Crippen molar-refractivity contribution in [2.45, 2.75) is 37.7 Å². The van der Waals surface area contributed by atoms with Crippen LogP contribution in [0.4, 0.5) is 4.39 Å². The Morgan fingerprint density at radius 1 is 1.50 bits per heavy atom. The first kappa shape index (κ1) is 13.7. The van der Waals surface area contributed by atoms with Gasteiger partial charge < -0.3 is 4.74 Å². The third-order valence-electron chi connectivity index (χ3n) is 3.60. The fraction of sp³-hybridized carbons (Fsp3) is 0.500. The molecule has 1 saturated carbocycles. The van der Waals surface area contributed by atoms with Crippen LogP contribution in [0.2, 0.25) is 0 Å². The molecule has 0 atom stereocenters. The summed E-state index contributed by atoms with van der Waals surface area (Å²) in [6.07, 6.45) is 3.84. The van der Waals surface area contributed by atoms with Crippen LogP contribution in [0.15, 0.2) is 22.7 Å². The molecule has 2 rings (SSSR count). The highest BCUT2D eigenvalue weighted by molar-refractivity contribution is 9.10. The normalized spacial score (nSPS) is 17.3. The number of ether oxygens (including phenoxy) is 1. The lowest BCUT2D eigenvalue weighted by molar-refractivity contribution is -0.131. The molecule has 0 spiro atoms. The van der Waals surface area contributed by atoms with Crippen LogP contribution in [0.25, 0.3) is 0 Å². The number of Topliss-reactive ketones (excluding diaryl/α,β-unsaturated/α-hetero) is 1. The molecule has 0 unspecified atom stereocenters. The predicted molar refractivity (Wildman–Crippen MR) is 71.0 cm³/mol. The fourth-order valence-corrected chi connectivity index (χ4v) is 2.75. The minimum atomic E-state index is -0.307. The maximum Gasteiger partial charge on any atom is 0.140 e. The Kier molecular flexibility index (Phi) is 4.17. The van der Waals surface area contributed by atoms with Gasteiger partial charge in [-0.05, 0) is 52.9 Å². The third kappa shape index (κ3) is 2.98. The molecule has 2 nitrogen and oxygen atoms in total. The minimum Gasteiger partial charge on any atom is -0.378 e. The highest BCUT2D eigenvalue weighted by Gasteiger charge is 2.38. The van der Waals surface area contributed by atoms with Crippen LogP contribution in [0.3, 0.4) is 0 Å². The van der Waals surface area contributed by atoms with Gasteiger partial charge in [0.25, 0.3) is 0 Å². The molecule has 0 heterocycles. The molecule has 1 fully saturated rings. The summed E-state index contributed by atoms with van der Waals surface area (Å²) in [7, 11) is 1.67. The van der Waals surface area contributed by atoms with Crippen molar-refractivity contribution >= 4 is 21.7 Å². The summed E-state index contributed by atoms with van der Waals surface area (Å²) in [5.74, 6) is -0.159. The quantitative estimate of drug-likeness (QED) is 0.829. The molecule has 4 heteroatoms. The monoisotopic (exact) mass is 314 g/mol. The summed E-state index contributed by atoms with van der Waals surface area (Å²) in [5.41, 5.74) is 0.604. The van der Waals surface area contributed by atoms with Crippen molar-refractivity contribution < 1.29 is 13.9 Å². The Morgan fingerprint density at radius 2 is 2.22 bits per heavy atom. The number of carbonyl (C=O) groups excluding carboxylic acids is 1. The Balaban J connectivity index is 1.96. The predicted octanol–water partition coefficient (Wildman–Crippen LogP) is 3.66. The zero-order valence-corrected chi connectivity index (χ0v) is 11.9. The van der Waals surface area contributed by atoms with Gasteiger partial charge in [-0.15, -0.1) is 0 Å². The molecule has 0 N–H and O–H groups in total. The number of hydrogen-bond donors (Lipinski definition) is 0. The van der Waals surface area contributed by atoms with Gasteiger partial charge in [-0.1, -0.05) is 6.07 Å². The van der Waals surface area contributed by atoms with Gasteiger partial charge in [-0.3, -0.25) is 4.79 Å². The summed E-state index contributed by atoms with van der Waals surface area (Å²) in [6, 6.07) is 4.69. The average Bonchev–Trinajstić information content (AvgIpc) is 2.29. The highest BCUT2D eigenvalue weighted by Crippen LogP contribution is 2.38. The summed E-state index contributed by atoms with van der Waals surface area (Å²) >= 11 is 3.12. The fourth-order valence-electron chi connectivity index (χ4n) is 2.32. The van der Waals surface area contributed by atoms with Gasteiger partial charge in [0.05, 0.1) is 10.1 Å².